The summed E-state index contributed by atoms with van der Waals surface area (Å²) in [5.41, 5.74) is 3.73. The van der Waals surface area contributed by atoms with Crippen LogP contribution in [0, 0.1) is 0 Å². The quantitative estimate of drug-likeness (QED) is 0.635. The SMILES string of the molecule is COc1ccc([C@H]2[NH2+][C@H](C(=O)[O-])Cc3c2[nH]c2ccccc32)cc1O. The number of ether oxygens (including phenoxy) is 1. The summed E-state index contributed by atoms with van der Waals surface area (Å²) in [5.74, 6) is -0.673. The van der Waals surface area contributed by atoms with Crippen molar-refractivity contribution in [2.45, 2.75) is 18.5 Å². The molecule has 2 atom stereocenters. The van der Waals surface area contributed by atoms with Gasteiger partial charge in [0, 0.05) is 22.9 Å². The molecule has 0 bridgehead atoms. The Morgan fingerprint density at radius 3 is 2.84 bits per heavy atom. The number of quaternary nitrogens is 1. The molecule has 0 amide bonds. The van der Waals surface area contributed by atoms with Crippen LogP contribution < -0.4 is 15.2 Å². The van der Waals surface area contributed by atoms with E-state index in [2.05, 4.69) is 4.98 Å². The number of carboxylic acids is 1. The molecule has 1 aromatic heterocycles. The van der Waals surface area contributed by atoms with E-state index in [4.69, 9.17) is 4.74 Å². The molecule has 4 N–H and O–H groups in total. The van der Waals surface area contributed by atoms with E-state index in [1.807, 2.05) is 30.3 Å². The molecule has 0 aliphatic carbocycles. The van der Waals surface area contributed by atoms with Gasteiger partial charge in [-0.15, -0.1) is 0 Å². The topological polar surface area (TPSA) is 102 Å². The Kier molecular flexibility index (Phi) is 3.62. The fourth-order valence-electron chi connectivity index (χ4n) is 3.66. The maximum Gasteiger partial charge on any atom is 0.160 e. The number of rotatable bonds is 3. The molecule has 25 heavy (non-hydrogen) atoms. The molecular formula is C19H18N2O4. The summed E-state index contributed by atoms with van der Waals surface area (Å²) in [5, 5.41) is 24.5. The van der Waals surface area contributed by atoms with Gasteiger partial charge in [0.15, 0.2) is 17.5 Å². The molecular weight excluding hydrogens is 320 g/mol. The number of nitrogens with two attached hydrogens (primary N) is 1. The number of para-hydroxylation sites is 1. The first-order valence-electron chi connectivity index (χ1n) is 8.10. The van der Waals surface area contributed by atoms with Crippen molar-refractivity contribution in [2.75, 3.05) is 7.11 Å². The number of benzene rings is 2. The monoisotopic (exact) mass is 338 g/mol. The van der Waals surface area contributed by atoms with Crippen LogP contribution in [0.1, 0.15) is 22.9 Å². The lowest BCUT2D eigenvalue weighted by atomic mass is 9.90. The van der Waals surface area contributed by atoms with Crippen molar-refractivity contribution in [3.63, 3.8) is 0 Å². The van der Waals surface area contributed by atoms with Crippen LogP contribution in [0.25, 0.3) is 10.9 Å². The van der Waals surface area contributed by atoms with Crippen LogP contribution in [-0.2, 0) is 11.2 Å². The molecule has 0 spiro atoms. The number of phenolic OH excluding ortho intramolecular Hbond substituents is 1. The number of fused-ring (bicyclic) bond motifs is 3. The second-order valence-electron chi connectivity index (χ2n) is 6.29. The van der Waals surface area contributed by atoms with Crippen LogP contribution in [0.5, 0.6) is 11.5 Å². The third-order valence-electron chi connectivity index (χ3n) is 4.87. The van der Waals surface area contributed by atoms with Gasteiger partial charge in [0.25, 0.3) is 0 Å². The average molecular weight is 338 g/mol. The number of aromatic nitrogens is 1. The van der Waals surface area contributed by atoms with Crippen LogP contribution in [0.2, 0.25) is 0 Å². The minimum atomic E-state index is -1.08. The zero-order valence-electron chi connectivity index (χ0n) is 13.7. The van der Waals surface area contributed by atoms with Gasteiger partial charge in [-0.2, -0.15) is 0 Å². The normalized spacial score (nSPS) is 19.6. The molecule has 0 fully saturated rings. The Balaban J connectivity index is 1.87. The standard InChI is InChI=1S/C19H18N2O4/c1-25-16-7-6-10(8-15(16)22)17-18-12(9-14(21-17)19(23)24)11-4-2-3-5-13(11)20-18/h2-8,14,17,20-22H,9H2,1H3,(H,23,24)/t14-,17+/m0/s1. The molecule has 0 radical (unpaired) electrons. The van der Waals surface area contributed by atoms with Crippen LogP contribution in [0.15, 0.2) is 42.5 Å². The Morgan fingerprint density at radius 2 is 2.12 bits per heavy atom. The Hall–Kier alpha value is -2.99. The van der Waals surface area contributed by atoms with Gasteiger partial charge in [0.05, 0.1) is 18.8 Å². The van der Waals surface area contributed by atoms with Crippen LogP contribution in [-0.4, -0.2) is 29.2 Å². The van der Waals surface area contributed by atoms with Gasteiger partial charge in [-0.05, 0) is 29.8 Å². The third kappa shape index (κ3) is 2.51. The lowest BCUT2D eigenvalue weighted by Crippen LogP contribution is -2.95. The van der Waals surface area contributed by atoms with Gasteiger partial charge < -0.3 is 30.0 Å². The maximum absolute atomic E-state index is 11.5. The largest absolute Gasteiger partial charge is 0.544 e. The molecule has 0 saturated carbocycles. The molecule has 2 aromatic carbocycles. The molecule has 128 valence electrons. The van der Waals surface area contributed by atoms with Crippen molar-refractivity contribution < 1.29 is 25.1 Å². The fourth-order valence-corrected chi connectivity index (χ4v) is 3.66. The molecule has 4 rings (SSSR count). The van der Waals surface area contributed by atoms with Crippen LogP contribution in [0.4, 0.5) is 0 Å². The highest BCUT2D eigenvalue weighted by atomic mass is 16.5. The molecule has 6 nitrogen and oxygen atoms in total. The van der Waals surface area contributed by atoms with Gasteiger partial charge >= 0.3 is 0 Å². The number of H-pyrrole nitrogens is 1. The Morgan fingerprint density at radius 1 is 1.32 bits per heavy atom. The van der Waals surface area contributed by atoms with E-state index in [1.54, 1.807) is 17.4 Å². The fraction of sp³-hybridized carbons (Fsp3) is 0.211. The zero-order chi connectivity index (χ0) is 17.6. The van der Waals surface area contributed by atoms with Gasteiger partial charge in [-0.25, -0.2) is 0 Å². The van der Waals surface area contributed by atoms with E-state index in [0.29, 0.717) is 12.2 Å². The first-order valence-corrected chi connectivity index (χ1v) is 8.10. The highest BCUT2D eigenvalue weighted by molar-refractivity contribution is 5.86. The van der Waals surface area contributed by atoms with Crippen molar-refractivity contribution in [1.29, 1.82) is 0 Å². The van der Waals surface area contributed by atoms with Crippen molar-refractivity contribution in [2.24, 2.45) is 0 Å². The average Bonchev–Trinajstić information content (AvgIpc) is 2.99. The predicted molar refractivity (Wildman–Crippen MR) is 89.2 cm³/mol. The smallest absolute Gasteiger partial charge is 0.160 e. The van der Waals surface area contributed by atoms with Gasteiger partial charge in [0.2, 0.25) is 0 Å². The number of carboxylic acid groups (broad SMARTS) is 1. The third-order valence-corrected chi connectivity index (χ3v) is 4.87. The minimum Gasteiger partial charge on any atom is -0.544 e. The lowest BCUT2D eigenvalue weighted by Gasteiger charge is -2.29. The van der Waals surface area contributed by atoms with Crippen molar-refractivity contribution >= 4 is 16.9 Å². The number of aliphatic carboxylic acids is 1. The maximum atomic E-state index is 11.5. The summed E-state index contributed by atoms with van der Waals surface area (Å²) in [6.45, 7) is 0. The highest BCUT2D eigenvalue weighted by Crippen LogP contribution is 2.35. The second-order valence-corrected chi connectivity index (χ2v) is 6.29. The number of carbonyl (C=O) groups excluding carboxylic acids is 1. The lowest BCUT2D eigenvalue weighted by molar-refractivity contribution is -0.717. The zero-order valence-corrected chi connectivity index (χ0v) is 13.7. The van der Waals surface area contributed by atoms with E-state index in [9.17, 15) is 15.0 Å². The number of methoxy groups -OCH3 is 1. The van der Waals surface area contributed by atoms with E-state index in [1.165, 1.54) is 7.11 Å². The van der Waals surface area contributed by atoms with Gasteiger partial charge in [0.1, 0.15) is 6.04 Å². The van der Waals surface area contributed by atoms with Crippen molar-refractivity contribution in [3.8, 4) is 11.5 Å². The molecule has 1 aliphatic rings. The first-order chi connectivity index (χ1) is 12.1. The number of phenols is 1. The van der Waals surface area contributed by atoms with Gasteiger partial charge in [-0.3, -0.25) is 0 Å². The molecule has 0 saturated heterocycles. The minimum absolute atomic E-state index is 0.0293. The van der Waals surface area contributed by atoms with E-state index < -0.39 is 12.0 Å². The molecule has 6 heteroatoms. The molecule has 1 aliphatic heterocycles. The summed E-state index contributed by atoms with van der Waals surface area (Å²) in [6.07, 6.45) is 0.403. The highest BCUT2D eigenvalue weighted by Gasteiger charge is 2.35. The van der Waals surface area contributed by atoms with E-state index in [-0.39, 0.29) is 11.8 Å². The first kappa shape index (κ1) is 15.5. The number of hydrogen-bond acceptors (Lipinski definition) is 4. The molecule has 2 heterocycles. The number of hydrogen-bond donors (Lipinski definition) is 3. The van der Waals surface area contributed by atoms with E-state index in [0.717, 1.165) is 27.7 Å². The molecule has 3 aromatic rings. The molecule has 0 unspecified atom stereocenters. The Bertz CT molecular complexity index is 963. The number of nitrogens with one attached hydrogen (secondary N) is 1. The number of carbonyl (C=O) groups is 1. The Labute approximate surface area is 144 Å². The summed E-state index contributed by atoms with van der Waals surface area (Å²) < 4.78 is 5.09. The summed E-state index contributed by atoms with van der Waals surface area (Å²) in [6, 6.07) is 12.0. The second kappa shape index (κ2) is 5.82. The van der Waals surface area contributed by atoms with Crippen LogP contribution in [0.3, 0.4) is 0 Å². The van der Waals surface area contributed by atoms with E-state index >= 15 is 0 Å². The van der Waals surface area contributed by atoms with Crippen molar-refractivity contribution in [3.05, 3.63) is 59.3 Å². The van der Waals surface area contributed by atoms with Crippen LogP contribution >= 0.6 is 0 Å². The predicted octanol–water partition coefficient (Wildman–Crippen LogP) is 0.210. The number of aromatic hydroxyl groups is 1. The summed E-state index contributed by atoms with van der Waals surface area (Å²) in [4.78, 5) is 15.0. The summed E-state index contributed by atoms with van der Waals surface area (Å²) >= 11 is 0. The number of aromatic amines is 1. The van der Waals surface area contributed by atoms with Crippen molar-refractivity contribution in [1.82, 2.24) is 4.98 Å². The van der Waals surface area contributed by atoms with Gasteiger partial charge in [-0.1, -0.05) is 18.2 Å². The summed E-state index contributed by atoms with van der Waals surface area (Å²) in [7, 11) is 1.49.